The molecule has 0 fully saturated rings. The average molecular weight is 578 g/mol. The van der Waals surface area contributed by atoms with Crippen molar-refractivity contribution in [3.63, 3.8) is 0 Å². The number of nitrogens with zero attached hydrogens (tertiary/aromatic N) is 1. The Hall–Kier alpha value is -6.06. The van der Waals surface area contributed by atoms with Crippen molar-refractivity contribution in [2.75, 3.05) is 4.90 Å². The van der Waals surface area contributed by atoms with Crippen LogP contribution < -0.4 is 4.90 Å². The molecule has 9 rings (SSSR count). The summed E-state index contributed by atoms with van der Waals surface area (Å²) >= 11 is 0. The first-order valence-electron chi connectivity index (χ1n) is 15.2. The standard InChI is InChI=1S/C42H27NO2/c1-3-12-28(13-4-1)30-14-11-15-31(26-30)29-22-24-33(25-23-29)43(32-16-5-2-6-17-32)36-27-39-41(35-19-8-9-20-37(35)44-39)42-40(36)34-18-7-10-21-38(34)45-42/h1-27H. The van der Waals surface area contributed by atoms with Crippen LogP contribution in [0.4, 0.5) is 17.1 Å². The van der Waals surface area contributed by atoms with Gasteiger partial charge in [0.15, 0.2) is 0 Å². The van der Waals surface area contributed by atoms with Gasteiger partial charge in [0.05, 0.1) is 16.5 Å². The number of anilines is 3. The van der Waals surface area contributed by atoms with Gasteiger partial charge in [0.25, 0.3) is 0 Å². The van der Waals surface area contributed by atoms with Gasteiger partial charge < -0.3 is 13.7 Å². The number of fused-ring (bicyclic) bond motifs is 7. The maximum atomic E-state index is 6.63. The smallest absolute Gasteiger partial charge is 0.149 e. The Morgan fingerprint density at radius 1 is 0.356 bits per heavy atom. The number of benzene rings is 7. The lowest BCUT2D eigenvalue weighted by Crippen LogP contribution is -2.10. The largest absolute Gasteiger partial charge is 0.456 e. The molecule has 0 amide bonds. The van der Waals surface area contributed by atoms with Gasteiger partial charge in [0, 0.05) is 28.2 Å². The molecule has 0 aliphatic carbocycles. The van der Waals surface area contributed by atoms with Gasteiger partial charge in [-0.2, -0.15) is 0 Å². The number of hydrogen-bond donors (Lipinski definition) is 0. The molecule has 2 heterocycles. The molecule has 0 saturated carbocycles. The number of para-hydroxylation sites is 3. The second-order valence-electron chi connectivity index (χ2n) is 11.3. The zero-order valence-electron chi connectivity index (χ0n) is 24.4. The molecule has 0 N–H and O–H groups in total. The molecule has 9 aromatic rings. The SMILES string of the molecule is c1ccc(-c2cccc(-c3ccc(N(c4ccccc4)c4cc5oc6ccccc6c5c5oc6ccccc6c45)cc3)c2)cc1. The summed E-state index contributed by atoms with van der Waals surface area (Å²) in [6, 6.07) is 57.2. The molecular formula is C42H27NO2. The average Bonchev–Trinajstić information content (AvgIpc) is 3.68. The summed E-state index contributed by atoms with van der Waals surface area (Å²) in [5.74, 6) is 0. The third-order valence-electron chi connectivity index (χ3n) is 8.65. The third-order valence-corrected chi connectivity index (χ3v) is 8.65. The Bertz CT molecular complexity index is 2470. The molecule has 0 unspecified atom stereocenters. The van der Waals surface area contributed by atoms with Crippen molar-refractivity contribution in [2.45, 2.75) is 0 Å². The maximum absolute atomic E-state index is 6.63. The second kappa shape index (κ2) is 10.3. The lowest BCUT2D eigenvalue weighted by atomic mass is 9.98. The highest BCUT2D eigenvalue weighted by atomic mass is 16.3. The highest BCUT2D eigenvalue weighted by Gasteiger charge is 2.24. The van der Waals surface area contributed by atoms with E-state index in [4.69, 9.17) is 8.83 Å². The summed E-state index contributed by atoms with van der Waals surface area (Å²) in [6.45, 7) is 0. The van der Waals surface area contributed by atoms with Gasteiger partial charge in [0.1, 0.15) is 22.3 Å². The molecule has 0 radical (unpaired) electrons. The van der Waals surface area contributed by atoms with E-state index in [1.165, 1.54) is 16.7 Å². The van der Waals surface area contributed by atoms with Crippen molar-refractivity contribution in [3.05, 3.63) is 164 Å². The van der Waals surface area contributed by atoms with Gasteiger partial charge in [-0.25, -0.2) is 0 Å². The Morgan fingerprint density at radius 3 is 1.60 bits per heavy atom. The lowest BCUT2D eigenvalue weighted by molar-refractivity contribution is 0.663. The van der Waals surface area contributed by atoms with Gasteiger partial charge >= 0.3 is 0 Å². The number of rotatable bonds is 5. The fourth-order valence-corrected chi connectivity index (χ4v) is 6.56. The summed E-state index contributed by atoms with van der Waals surface area (Å²) in [6.07, 6.45) is 0. The summed E-state index contributed by atoms with van der Waals surface area (Å²) in [4.78, 5) is 2.31. The fraction of sp³-hybridized carbons (Fsp3) is 0. The van der Waals surface area contributed by atoms with E-state index in [0.29, 0.717) is 0 Å². The molecule has 45 heavy (non-hydrogen) atoms. The van der Waals surface area contributed by atoms with Crippen LogP contribution >= 0.6 is 0 Å². The highest BCUT2D eigenvalue weighted by Crippen LogP contribution is 2.48. The van der Waals surface area contributed by atoms with Gasteiger partial charge in [-0.1, -0.05) is 115 Å². The predicted molar refractivity (Wildman–Crippen MR) is 187 cm³/mol. The molecule has 3 heteroatoms. The fourth-order valence-electron chi connectivity index (χ4n) is 6.56. The summed E-state index contributed by atoms with van der Waals surface area (Å²) < 4.78 is 13.1. The minimum atomic E-state index is 0.799. The second-order valence-corrected chi connectivity index (χ2v) is 11.3. The van der Waals surface area contributed by atoms with E-state index in [2.05, 4.69) is 138 Å². The first-order valence-corrected chi connectivity index (χ1v) is 15.2. The molecule has 0 spiro atoms. The van der Waals surface area contributed by atoms with E-state index in [0.717, 1.165) is 66.5 Å². The highest BCUT2D eigenvalue weighted by molar-refractivity contribution is 6.26. The quantitative estimate of drug-likeness (QED) is 0.204. The van der Waals surface area contributed by atoms with Crippen molar-refractivity contribution >= 4 is 60.9 Å². The number of hydrogen-bond acceptors (Lipinski definition) is 3. The zero-order valence-corrected chi connectivity index (χ0v) is 24.4. The van der Waals surface area contributed by atoms with Crippen LogP contribution in [-0.4, -0.2) is 0 Å². The van der Waals surface area contributed by atoms with E-state index in [1.807, 2.05) is 30.3 Å². The first kappa shape index (κ1) is 25.4. The molecule has 0 bridgehead atoms. The molecule has 0 aliphatic heterocycles. The summed E-state index contributed by atoms with van der Waals surface area (Å²) in [7, 11) is 0. The molecule has 3 nitrogen and oxygen atoms in total. The van der Waals surface area contributed by atoms with Crippen LogP contribution in [0.25, 0.3) is 66.1 Å². The molecule has 7 aromatic carbocycles. The minimum Gasteiger partial charge on any atom is -0.456 e. The minimum absolute atomic E-state index is 0.799. The van der Waals surface area contributed by atoms with Crippen molar-refractivity contribution in [2.24, 2.45) is 0 Å². The van der Waals surface area contributed by atoms with E-state index in [1.54, 1.807) is 0 Å². The Labute approximate surface area is 260 Å². The molecule has 0 aliphatic rings. The van der Waals surface area contributed by atoms with Crippen LogP contribution in [0, 0.1) is 0 Å². The van der Waals surface area contributed by atoms with Crippen LogP contribution in [0.2, 0.25) is 0 Å². The van der Waals surface area contributed by atoms with Gasteiger partial charge in [-0.05, 0) is 64.7 Å². The Balaban J connectivity index is 1.25. The van der Waals surface area contributed by atoms with Crippen LogP contribution in [0.1, 0.15) is 0 Å². The summed E-state index contributed by atoms with van der Waals surface area (Å²) in [5.41, 5.74) is 11.2. The van der Waals surface area contributed by atoms with Crippen molar-refractivity contribution in [1.29, 1.82) is 0 Å². The molecule has 212 valence electrons. The van der Waals surface area contributed by atoms with E-state index >= 15 is 0 Å². The molecular weight excluding hydrogens is 550 g/mol. The monoisotopic (exact) mass is 577 g/mol. The Kier molecular flexibility index (Phi) is 5.82. The van der Waals surface area contributed by atoms with E-state index in [9.17, 15) is 0 Å². The van der Waals surface area contributed by atoms with Crippen LogP contribution in [0.15, 0.2) is 173 Å². The maximum Gasteiger partial charge on any atom is 0.149 e. The zero-order chi connectivity index (χ0) is 29.7. The Morgan fingerprint density at radius 2 is 0.889 bits per heavy atom. The van der Waals surface area contributed by atoms with Gasteiger partial charge in [-0.3, -0.25) is 0 Å². The van der Waals surface area contributed by atoms with E-state index < -0.39 is 0 Å². The normalized spacial score (nSPS) is 11.6. The van der Waals surface area contributed by atoms with Crippen LogP contribution in [0.5, 0.6) is 0 Å². The predicted octanol–water partition coefficient (Wildman–Crippen LogP) is 12.3. The van der Waals surface area contributed by atoms with Crippen molar-refractivity contribution < 1.29 is 8.83 Å². The van der Waals surface area contributed by atoms with Gasteiger partial charge in [0.2, 0.25) is 0 Å². The summed E-state index contributed by atoms with van der Waals surface area (Å²) in [5, 5.41) is 4.19. The van der Waals surface area contributed by atoms with Crippen molar-refractivity contribution in [3.8, 4) is 22.3 Å². The van der Waals surface area contributed by atoms with Crippen molar-refractivity contribution in [1.82, 2.24) is 0 Å². The number of furan rings is 2. The third kappa shape index (κ3) is 4.21. The topological polar surface area (TPSA) is 29.5 Å². The molecule has 2 aromatic heterocycles. The molecule has 0 saturated heterocycles. The lowest BCUT2D eigenvalue weighted by Gasteiger charge is -2.26. The van der Waals surface area contributed by atoms with E-state index in [-0.39, 0.29) is 0 Å². The van der Waals surface area contributed by atoms with Crippen LogP contribution in [-0.2, 0) is 0 Å². The molecule has 0 atom stereocenters. The van der Waals surface area contributed by atoms with Gasteiger partial charge in [-0.15, -0.1) is 0 Å². The van der Waals surface area contributed by atoms with Crippen LogP contribution in [0.3, 0.4) is 0 Å². The first-order chi connectivity index (χ1) is 22.3.